The molecule has 172 valence electrons. The lowest BCUT2D eigenvalue weighted by Gasteiger charge is -2.20. The van der Waals surface area contributed by atoms with Gasteiger partial charge in [-0.05, 0) is 19.3 Å². The Morgan fingerprint density at radius 1 is 0.793 bits per heavy atom. The molecule has 0 fully saturated rings. The van der Waals surface area contributed by atoms with Gasteiger partial charge in [-0.2, -0.15) is 0 Å². The summed E-state index contributed by atoms with van der Waals surface area (Å²) in [6.07, 6.45) is 22.8. The van der Waals surface area contributed by atoms with E-state index in [2.05, 4.69) is 19.2 Å². The number of unbranched alkanes of at least 4 members (excludes halogenated alkanes) is 14. The standard InChI is InChI=1S/C25H49NO3/c1-3-5-7-9-11-13-15-17-19-21-25(29)26-23(22-27)24(28)20-18-16-14-12-10-8-6-4-2/h18,20,23-24,27-28H,3-17,19,21-22H2,1-2H3,(H,26,29)/b20-18+. The summed E-state index contributed by atoms with van der Waals surface area (Å²) in [6, 6.07) is -0.609. The van der Waals surface area contributed by atoms with Crippen LogP contribution in [0.15, 0.2) is 12.2 Å². The third-order valence-corrected chi connectivity index (χ3v) is 5.52. The monoisotopic (exact) mass is 411 g/mol. The molecule has 3 N–H and O–H groups in total. The van der Waals surface area contributed by atoms with Gasteiger partial charge < -0.3 is 15.5 Å². The van der Waals surface area contributed by atoms with Crippen LogP contribution in [0.5, 0.6) is 0 Å². The SMILES string of the molecule is CCCCCCCC/C=C/C(O)C(CO)NC(=O)CCCCCCCCCCC. The predicted octanol–water partition coefficient (Wildman–Crippen LogP) is 6.05. The number of nitrogens with one attached hydrogen (secondary N) is 1. The Bertz CT molecular complexity index is 384. The Morgan fingerprint density at radius 3 is 1.79 bits per heavy atom. The fraction of sp³-hybridized carbons (Fsp3) is 0.880. The summed E-state index contributed by atoms with van der Waals surface area (Å²) >= 11 is 0. The van der Waals surface area contributed by atoms with Gasteiger partial charge in [0.25, 0.3) is 0 Å². The van der Waals surface area contributed by atoms with E-state index in [1.54, 1.807) is 6.08 Å². The molecule has 4 nitrogen and oxygen atoms in total. The second kappa shape index (κ2) is 21.8. The lowest BCUT2D eigenvalue weighted by atomic mass is 10.1. The zero-order valence-corrected chi connectivity index (χ0v) is 19.3. The molecule has 0 aromatic rings. The molecule has 0 heterocycles. The van der Waals surface area contributed by atoms with Gasteiger partial charge in [0.05, 0.1) is 18.8 Å². The molecule has 0 aromatic heterocycles. The highest BCUT2D eigenvalue weighted by Gasteiger charge is 2.17. The van der Waals surface area contributed by atoms with Crippen LogP contribution in [0, 0.1) is 0 Å². The second-order valence-corrected chi connectivity index (χ2v) is 8.41. The summed E-state index contributed by atoms with van der Waals surface area (Å²) < 4.78 is 0. The van der Waals surface area contributed by atoms with Crippen LogP contribution in [0.4, 0.5) is 0 Å². The number of allylic oxidation sites excluding steroid dienone is 1. The molecule has 2 atom stereocenters. The van der Waals surface area contributed by atoms with Crippen molar-refractivity contribution in [3.05, 3.63) is 12.2 Å². The Morgan fingerprint density at radius 2 is 1.28 bits per heavy atom. The zero-order chi connectivity index (χ0) is 21.6. The van der Waals surface area contributed by atoms with Crippen molar-refractivity contribution in [1.82, 2.24) is 5.32 Å². The summed E-state index contributed by atoms with van der Waals surface area (Å²) in [7, 11) is 0. The van der Waals surface area contributed by atoms with Crippen LogP contribution < -0.4 is 5.32 Å². The van der Waals surface area contributed by atoms with Gasteiger partial charge in [0.1, 0.15) is 0 Å². The molecule has 0 rings (SSSR count). The third-order valence-electron chi connectivity index (χ3n) is 5.52. The minimum Gasteiger partial charge on any atom is -0.394 e. The number of aliphatic hydroxyl groups excluding tert-OH is 2. The minimum atomic E-state index is -0.827. The molecular formula is C25H49NO3. The van der Waals surface area contributed by atoms with Crippen molar-refractivity contribution in [2.75, 3.05) is 6.61 Å². The van der Waals surface area contributed by atoms with Gasteiger partial charge in [-0.15, -0.1) is 0 Å². The maximum absolute atomic E-state index is 12.1. The number of hydrogen-bond acceptors (Lipinski definition) is 3. The van der Waals surface area contributed by atoms with Crippen LogP contribution in [0.2, 0.25) is 0 Å². The molecule has 0 spiro atoms. The summed E-state index contributed by atoms with van der Waals surface area (Å²) in [5.41, 5.74) is 0. The van der Waals surface area contributed by atoms with Gasteiger partial charge in [-0.25, -0.2) is 0 Å². The highest BCUT2D eigenvalue weighted by Crippen LogP contribution is 2.11. The number of carbonyl (C=O) groups excluding carboxylic acids is 1. The van der Waals surface area contributed by atoms with E-state index in [9.17, 15) is 15.0 Å². The number of aliphatic hydroxyl groups is 2. The van der Waals surface area contributed by atoms with E-state index < -0.39 is 12.1 Å². The lowest BCUT2D eigenvalue weighted by molar-refractivity contribution is -0.123. The van der Waals surface area contributed by atoms with Gasteiger partial charge in [-0.3, -0.25) is 4.79 Å². The third kappa shape index (κ3) is 18.9. The van der Waals surface area contributed by atoms with Crippen molar-refractivity contribution in [3.8, 4) is 0 Å². The van der Waals surface area contributed by atoms with E-state index in [0.717, 1.165) is 25.7 Å². The van der Waals surface area contributed by atoms with Gasteiger partial charge in [0, 0.05) is 6.42 Å². The highest BCUT2D eigenvalue weighted by atomic mass is 16.3. The largest absolute Gasteiger partial charge is 0.394 e. The number of rotatable bonds is 21. The topological polar surface area (TPSA) is 69.6 Å². The van der Waals surface area contributed by atoms with Gasteiger partial charge in [0.2, 0.25) is 5.91 Å². The van der Waals surface area contributed by atoms with Crippen molar-refractivity contribution in [2.24, 2.45) is 0 Å². The van der Waals surface area contributed by atoms with Gasteiger partial charge in [-0.1, -0.05) is 109 Å². The normalized spacial score (nSPS) is 13.7. The van der Waals surface area contributed by atoms with Crippen molar-refractivity contribution in [2.45, 2.75) is 135 Å². The van der Waals surface area contributed by atoms with Gasteiger partial charge >= 0.3 is 0 Å². The number of amides is 1. The van der Waals surface area contributed by atoms with Crippen molar-refractivity contribution >= 4 is 5.91 Å². The average molecular weight is 412 g/mol. The van der Waals surface area contributed by atoms with E-state index in [0.29, 0.717) is 6.42 Å². The van der Waals surface area contributed by atoms with E-state index in [4.69, 9.17) is 0 Å². The lowest BCUT2D eigenvalue weighted by Crippen LogP contribution is -2.45. The first-order valence-corrected chi connectivity index (χ1v) is 12.4. The zero-order valence-electron chi connectivity index (χ0n) is 19.3. The van der Waals surface area contributed by atoms with Crippen LogP contribution in [-0.4, -0.2) is 34.9 Å². The Balaban J connectivity index is 3.77. The maximum atomic E-state index is 12.1. The molecular weight excluding hydrogens is 362 g/mol. The molecule has 0 aliphatic rings. The molecule has 0 bridgehead atoms. The van der Waals surface area contributed by atoms with E-state index in [1.807, 2.05) is 6.08 Å². The molecule has 0 saturated heterocycles. The summed E-state index contributed by atoms with van der Waals surface area (Å²) in [5, 5.41) is 22.5. The first-order chi connectivity index (χ1) is 14.2. The second-order valence-electron chi connectivity index (χ2n) is 8.41. The summed E-state index contributed by atoms with van der Waals surface area (Å²) in [5.74, 6) is -0.0737. The van der Waals surface area contributed by atoms with Crippen LogP contribution in [0.25, 0.3) is 0 Å². The Kier molecular flexibility index (Phi) is 21.2. The molecule has 0 aliphatic carbocycles. The highest BCUT2D eigenvalue weighted by molar-refractivity contribution is 5.76. The fourth-order valence-corrected chi connectivity index (χ4v) is 3.53. The van der Waals surface area contributed by atoms with Gasteiger partial charge in [0.15, 0.2) is 0 Å². The van der Waals surface area contributed by atoms with Crippen molar-refractivity contribution in [3.63, 3.8) is 0 Å². The van der Waals surface area contributed by atoms with E-state index >= 15 is 0 Å². The number of carbonyl (C=O) groups is 1. The quantitative estimate of drug-likeness (QED) is 0.159. The molecule has 2 unspecified atom stereocenters. The van der Waals surface area contributed by atoms with Crippen LogP contribution >= 0.6 is 0 Å². The predicted molar refractivity (Wildman–Crippen MR) is 124 cm³/mol. The molecule has 1 amide bonds. The Hall–Kier alpha value is -0.870. The first kappa shape index (κ1) is 28.1. The van der Waals surface area contributed by atoms with Crippen molar-refractivity contribution in [1.29, 1.82) is 0 Å². The molecule has 29 heavy (non-hydrogen) atoms. The summed E-state index contributed by atoms with van der Waals surface area (Å²) in [4.78, 5) is 12.1. The number of hydrogen-bond donors (Lipinski definition) is 3. The molecule has 0 radical (unpaired) electrons. The minimum absolute atomic E-state index is 0.0737. The van der Waals surface area contributed by atoms with E-state index in [1.165, 1.54) is 77.0 Å². The molecule has 0 saturated carbocycles. The fourth-order valence-electron chi connectivity index (χ4n) is 3.53. The summed E-state index contributed by atoms with van der Waals surface area (Å²) in [6.45, 7) is 4.21. The smallest absolute Gasteiger partial charge is 0.220 e. The Labute approximate surface area is 180 Å². The average Bonchev–Trinajstić information content (AvgIpc) is 2.72. The maximum Gasteiger partial charge on any atom is 0.220 e. The van der Waals surface area contributed by atoms with Crippen LogP contribution in [-0.2, 0) is 4.79 Å². The van der Waals surface area contributed by atoms with E-state index in [-0.39, 0.29) is 12.5 Å². The van der Waals surface area contributed by atoms with Crippen molar-refractivity contribution < 1.29 is 15.0 Å². The van der Waals surface area contributed by atoms with Crippen LogP contribution in [0.1, 0.15) is 123 Å². The first-order valence-electron chi connectivity index (χ1n) is 12.4. The molecule has 0 aliphatic heterocycles. The van der Waals surface area contributed by atoms with Crippen LogP contribution in [0.3, 0.4) is 0 Å². The molecule has 4 heteroatoms. The molecule has 0 aromatic carbocycles.